The molecule has 0 bridgehead atoms. The van der Waals surface area contributed by atoms with Crippen molar-refractivity contribution in [3.05, 3.63) is 88.8 Å². The van der Waals surface area contributed by atoms with Crippen LogP contribution in [0.5, 0.6) is 0 Å². The monoisotopic (exact) mass is 435 g/mol. The van der Waals surface area contributed by atoms with Gasteiger partial charge in [-0.25, -0.2) is 4.98 Å². The number of nitrogens with zero attached hydrogens (tertiary/aromatic N) is 3. The molecule has 30 heavy (non-hydrogen) atoms. The van der Waals surface area contributed by atoms with Crippen LogP contribution in [0.3, 0.4) is 0 Å². The Morgan fingerprint density at radius 2 is 1.87 bits per heavy atom. The maximum absolute atomic E-state index is 13.2. The molecule has 0 aliphatic rings. The van der Waals surface area contributed by atoms with Gasteiger partial charge in [0.2, 0.25) is 5.91 Å². The fourth-order valence-corrected chi connectivity index (χ4v) is 4.93. The summed E-state index contributed by atoms with van der Waals surface area (Å²) < 4.78 is 1.84. The Morgan fingerprint density at radius 1 is 1.10 bits per heavy atom. The Hall–Kier alpha value is -2.90. The fraction of sp³-hybridized carbons (Fsp3) is 0.174. The third-order valence-corrected chi connectivity index (χ3v) is 6.97. The van der Waals surface area contributed by atoms with Crippen LogP contribution in [-0.2, 0) is 11.3 Å². The van der Waals surface area contributed by atoms with Crippen molar-refractivity contribution in [1.82, 2.24) is 4.98 Å². The van der Waals surface area contributed by atoms with Crippen LogP contribution in [0.4, 0.5) is 5.13 Å². The van der Waals surface area contributed by atoms with Gasteiger partial charge in [0.15, 0.2) is 11.3 Å². The first-order chi connectivity index (χ1) is 14.5. The van der Waals surface area contributed by atoms with Gasteiger partial charge in [-0.3, -0.25) is 9.69 Å². The molecule has 4 aromatic rings. The second kappa shape index (κ2) is 8.85. The lowest BCUT2D eigenvalue weighted by Crippen LogP contribution is -2.33. The molecule has 0 saturated carbocycles. The zero-order chi connectivity index (χ0) is 21.1. The van der Waals surface area contributed by atoms with Crippen molar-refractivity contribution in [2.75, 3.05) is 10.7 Å². The van der Waals surface area contributed by atoms with Crippen LogP contribution >= 0.6 is 23.1 Å². The highest BCUT2D eigenvalue weighted by Gasteiger charge is 2.22. The molecule has 0 aliphatic carbocycles. The highest BCUT2D eigenvalue weighted by molar-refractivity contribution is 7.99. The van der Waals surface area contributed by atoms with Gasteiger partial charge in [0, 0.05) is 12.1 Å². The van der Waals surface area contributed by atoms with E-state index in [0.29, 0.717) is 16.7 Å². The van der Waals surface area contributed by atoms with E-state index in [1.165, 1.54) is 34.9 Å². The van der Waals surface area contributed by atoms with Gasteiger partial charge in [0.25, 0.3) is 5.03 Å². The van der Waals surface area contributed by atoms with Gasteiger partial charge in [0.05, 0.1) is 22.5 Å². The number of thiazole rings is 1. The smallest absolute Gasteiger partial charge is 0.251 e. The summed E-state index contributed by atoms with van der Waals surface area (Å²) in [5.74, 6) is 0.0775. The van der Waals surface area contributed by atoms with Crippen molar-refractivity contribution in [2.24, 2.45) is 0 Å². The maximum Gasteiger partial charge on any atom is 0.251 e. The average molecular weight is 436 g/mol. The van der Waals surface area contributed by atoms with Crippen LogP contribution < -0.4 is 9.63 Å². The third kappa shape index (κ3) is 4.32. The van der Waals surface area contributed by atoms with Gasteiger partial charge in [-0.1, -0.05) is 47.7 Å². The molecule has 4 rings (SSSR count). The number of anilines is 1. The van der Waals surface area contributed by atoms with E-state index >= 15 is 0 Å². The predicted octanol–water partition coefficient (Wildman–Crippen LogP) is 4.87. The van der Waals surface area contributed by atoms with Crippen LogP contribution in [0.2, 0.25) is 0 Å². The van der Waals surface area contributed by atoms with Crippen molar-refractivity contribution in [3.8, 4) is 0 Å². The molecule has 0 atom stereocenters. The summed E-state index contributed by atoms with van der Waals surface area (Å²) in [6, 6.07) is 19.2. The summed E-state index contributed by atoms with van der Waals surface area (Å²) in [5, 5.41) is 13.1. The first-order valence-electron chi connectivity index (χ1n) is 9.55. The number of carbonyl (C=O) groups is 1. The van der Waals surface area contributed by atoms with E-state index in [9.17, 15) is 10.0 Å². The third-order valence-electron chi connectivity index (χ3n) is 4.92. The van der Waals surface area contributed by atoms with Crippen molar-refractivity contribution in [2.45, 2.75) is 25.4 Å². The highest BCUT2D eigenvalue weighted by atomic mass is 32.2. The number of fused-ring (bicyclic) bond motifs is 1. The Morgan fingerprint density at radius 3 is 2.63 bits per heavy atom. The largest absolute Gasteiger partial charge is 0.618 e. The highest BCUT2D eigenvalue weighted by Crippen LogP contribution is 2.33. The fourth-order valence-electron chi connectivity index (χ4n) is 3.10. The van der Waals surface area contributed by atoms with E-state index in [1.807, 2.05) is 30.3 Å². The number of hydrogen-bond donors (Lipinski definition) is 0. The number of pyridine rings is 1. The van der Waals surface area contributed by atoms with Gasteiger partial charge in [-0.2, -0.15) is 4.73 Å². The number of hydrogen-bond acceptors (Lipinski definition) is 5. The number of aryl methyl sites for hydroxylation is 2. The lowest BCUT2D eigenvalue weighted by molar-refractivity contribution is -0.645. The number of thioether (sulfide) groups is 1. The lowest BCUT2D eigenvalue weighted by atomic mass is 10.1. The van der Waals surface area contributed by atoms with Gasteiger partial charge in [0.1, 0.15) is 0 Å². The van der Waals surface area contributed by atoms with Crippen LogP contribution in [0.25, 0.3) is 10.2 Å². The van der Waals surface area contributed by atoms with E-state index in [0.717, 1.165) is 26.1 Å². The van der Waals surface area contributed by atoms with Gasteiger partial charge >= 0.3 is 0 Å². The Labute approximate surface area is 183 Å². The van der Waals surface area contributed by atoms with Crippen molar-refractivity contribution in [1.29, 1.82) is 0 Å². The van der Waals surface area contributed by atoms with Crippen LogP contribution in [0.1, 0.15) is 16.7 Å². The molecular formula is C23H21N3O2S2. The average Bonchev–Trinajstić information content (AvgIpc) is 3.19. The molecule has 1 amide bonds. The van der Waals surface area contributed by atoms with E-state index in [4.69, 9.17) is 4.98 Å². The van der Waals surface area contributed by atoms with E-state index in [2.05, 4.69) is 26.0 Å². The second-order valence-electron chi connectivity index (χ2n) is 6.97. The second-order valence-corrected chi connectivity index (χ2v) is 8.97. The minimum absolute atomic E-state index is 0.0823. The molecule has 2 aromatic heterocycles. The van der Waals surface area contributed by atoms with Gasteiger partial charge < -0.3 is 5.21 Å². The summed E-state index contributed by atoms with van der Waals surface area (Å²) in [6.07, 6.45) is 1.44. The summed E-state index contributed by atoms with van der Waals surface area (Å²) in [5.41, 5.74) is 4.28. The van der Waals surface area contributed by atoms with Crippen LogP contribution in [-0.4, -0.2) is 16.6 Å². The zero-order valence-electron chi connectivity index (χ0n) is 16.7. The predicted molar refractivity (Wildman–Crippen MR) is 123 cm³/mol. The number of rotatable bonds is 6. The topological polar surface area (TPSA) is 60.1 Å². The van der Waals surface area contributed by atoms with Crippen LogP contribution in [0.15, 0.2) is 71.9 Å². The molecule has 0 unspecified atom stereocenters. The molecular weight excluding hydrogens is 414 g/mol. The van der Waals surface area contributed by atoms with E-state index in [-0.39, 0.29) is 11.7 Å². The van der Waals surface area contributed by atoms with Crippen molar-refractivity contribution < 1.29 is 9.52 Å². The molecule has 5 nitrogen and oxygen atoms in total. The Kier molecular flexibility index (Phi) is 6.01. The molecule has 0 N–H and O–H groups in total. The molecule has 0 saturated heterocycles. The SMILES string of the molecule is Cc1ccc2sc(N(Cc3ccccc3)C(=O)CSc3cccc[n+]3[O-])nc2c1C. The molecule has 152 valence electrons. The standard InChI is InChI=1S/C23H21N3O2S2/c1-16-11-12-19-22(17(16)2)24-23(30-19)25(14-18-8-4-3-5-9-18)20(27)15-29-21-10-6-7-13-26(21)28/h3-13H,14-15H2,1-2H3. The van der Waals surface area contributed by atoms with E-state index < -0.39 is 0 Å². The molecule has 2 aromatic carbocycles. The molecule has 7 heteroatoms. The number of benzene rings is 2. The quantitative estimate of drug-likeness (QED) is 0.246. The van der Waals surface area contributed by atoms with Crippen molar-refractivity contribution >= 4 is 44.4 Å². The number of amides is 1. The van der Waals surface area contributed by atoms with Gasteiger partial charge in [-0.05, 0) is 54.4 Å². The molecule has 0 aliphatic heterocycles. The molecule has 0 radical (unpaired) electrons. The Bertz CT molecular complexity index is 1190. The minimum Gasteiger partial charge on any atom is -0.618 e. The zero-order valence-corrected chi connectivity index (χ0v) is 18.4. The van der Waals surface area contributed by atoms with Crippen LogP contribution in [0, 0.1) is 19.1 Å². The first kappa shape index (κ1) is 20.4. The van der Waals surface area contributed by atoms with E-state index in [1.54, 1.807) is 23.1 Å². The number of carbonyl (C=O) groups excluding carboxylic acids is 1. The minimum atomic E-state index is -0.0823. The van der Waals surface area contributed by atoms with Gasteiger partial charge in [-0.15, -0.1) is 0 Å². The Balaban J connectivity index is 1.65. The molecule has 0 fully saturated rings. The summed E-state index contributed by atoms with van der Waals surface area (Å²) in [4.78, 5) is 19.8. The summed E-state index contributed by atoms with van der Waals surface area (Å²) in [7, 11) is 0. The number of aromatic nitrogens is 2. The maximum atomic E-state index is 13.2. The first-order valence-corrected chi connectivity index (χ1v) is 11.3. The molecule has 0 spiro atoms. The lowest BCUT2D eigenvalue weighted by Gasteiger charge is -2.19. The normalized spacial score (nSPS) is 11.0. The van der Waals surface area contributed by atoms with Crippen molar-refractivity contribution in [3.63, 3.8) is 0 Å². The summed E-state index contributed by atoms with van der Waals surface area (Å²) in [6.45, 7) is 4.56. The summed E-state index contributed by atoms with van der Waals surface area (Å²) >= 11 is 2.76. The molecule has 2 heterocycles.